The van der Waals surface area contributed by atoms with E-state index in [9.17, 15) is 4.79 Å². The summed E-state index contributed by atoms with van der Waals surface area (Å²) in [6.45, 7) is 2.59. The van der Waals surface area contributed by atoms with E-state index in [0.29, 0.717) is 24.0 Å². The lowest BCUT2D eigenvalue weighted by Gasteiger charge is -2.08. The van der Waals surface area contributed by atoms with E-state index in [1.54, 1.807) is 23.2 Å². The lowest BCUT2D eigenvalue weighted by molar-refractivity contribution is 0.638. The van der Waals surface area contributed by atoms with Crippen LogP contribution in [0.15, 0.2) is 23.4 Å². The standard InChI is InChI=1S/C16H17N5O/c1-10-11-3-2-4-12(11)20-14(19-10)6-8-21-9-18-13-5-7-17-15(13)16(21)22/h5,7,9,17H,2-4,6,8H2,1H3. The molecule has 22 heavy (non-hydrogen) atoms. The highest BCUT2D eigenvalue weighted by molar-refractivity contribution is 5.73. The number of nitrogens with one attached hydrogen (secondary N) is 1. The molecule has 0 fully saturated rings. The molecule has 6 nitrogen and oxygen atoms in total. The van der Waals surface area contributed by atoms with Gasteiger partial charge in [-0.3, -0.25) is 9.36 Å². The highest BCUT2D eigenvalue weighted by Crippen LogP contribution is 2.22. The van der Waals surface area contributed by atoms with E-state index in [2.05, 4.69) is 19.9 Å². The van der Waals surface area contributed by atoms with E-state index < -0.39 is 0 Å². The summed E-state index contributed by atoms with van der Waals surface area (Å²) in [4.78, 5) is 28.8. The highest BCUT2D eigenvalue weighted by Gasteiger charge is 2.17. The van der Waals surface area contributed by atoms with E-state index in [-0.39, 0.29) is 5.56 Å². The van der Waals surface area contributed by atoms with Gasteiger partial charge in [-0.05, 0) is 37.8 Å². The predicted molar refractivity (Wildman–Crippen MR) is 82.9 cm³/mol. The van der Waals surface area contributed by atoms with Gasteiger partial charge >= 0.3 is 0 Å². The predicted octanol–water partition coefficient (Wildman–Crippen LogP) is 1.55. The summed E-state index contributed by atoms with van der Waals surface area (Å²) in [5.41, 5.74) is 4.79. The maximum absolute atomic E-state index is 12.3. The molecule has 6 heteroatoms. The maximum atomic E-state index is 12.3. The van der Waals surface area contributed by atoms with Crippen LogP contribution < -0.4 is 5.56 Å². The highest BCUT2D eigenvalue weighted by atomic mass is 16.1. The molecular weight excluding hydrogens is 278 g/mol. The van der Waals surface area contributed by atoms with E-state index in [1.165, 1.54) is 17.7 Å². The average molecular weight is 295 g/mol. The van der Waals surface area contributed by atoms with Crippen LogP contribution in [0, 0.1) is 6.92 Å². The van der Waals surface area contributed by atoms with Gasteiger partial charge in [0.05, 0.1) is 11.8 Å². The van der Waals surface area contributed by atoms with Crippen LogP contribution in [0.1, 0.15) is 29.2 Å². The van der Waals surface area contributed by atoms with Crippen LogP contribution in [0.25, 0.3) is 11.0 Å². The third kappa shape index (κ3) is 2.11. The largest absolute Gasteiger partial charge is 0.355 e. The first kappa shape index (κ1) is 13.2. The van der Waals surface area contributed by atoms with Gasteiger partial charge in [-0.15, -0.1) is 0 Å². The molecule has 3 aromatic heterocycles. The summed E-state index contributed by atoms with van der Waals surface area (Å²) in [6, 6.07) is 1.80. The Balaban J connectivity index is 1.60. The summed E-state index contributed by atoms with van der Waals surface area (Å²) in [5, 5.41) is 0. The fourth-order valence-electron chi connectivity index (χ4n) is 3.14. The van der Waals surface area contributed by atoms with Crippen molar-refractivity contribution in [3.63, 3.8) is 0 Å². The Morgan fingerprint density at radius 1 is 1.32 bits per heavy atom. The number of fused-ring (bicyclic) bond motifs is 2. The Morgan fingerprint density at radius 2 is 2.23 bits per heavy atom. The van der Waals surface area contributed by atoms with Crippen molar-refractivity contribution in [1.82, 2.24) is 24.5 Å². The number of aromatic nitrogens is 5. The first-order valence-corrected chi connectivity index (χ1v) is 7.60. The molecule has 0 aromatic carbocycles. The molecule has 1 aliphatic carbocycles. The van der Waals surface area contributed by atoms with Crippen LogP contribution in [-0.4, -0.2) is 24.5 Å². The summed E-state index contributed by atoms with van der Waals surface area (Å²) >= 11 is 0. The Hall–Kier alpha value is -2.50. The molecule has 0 radical (unpaired) electrons. The summed E-state index contributed by atoms with van der Waals surface area (Å²) < 4.78 is 1.62. The van der Waals surface area contributed by atoms with E-state index in [0.717, 1.165) is 24.4 Å². The SMILES string of the molecule is Cc1nc(CCn2cnc3cc[nH]c3c2=O)nc2c1CCC2. The fourth-order valence-corrected chi connectivity index (χ4v) is 3.14. The van der Waals surface area contributed by atoms with Gasteiger partial charge in [0.1, 0.15) is 11.3 Å². The summed E-state index contributed by atoms with van der Waals surface area (Å²) in [7, 11) is 0. The molecule has 0 aliphatic heterocycles. The van der Waals surface area contributed by atoms with E-state index in [1.807, 2.05) is 6.92 Å². The third-order valence-corrected chi connectivity index (χ3v) is 4.30. The van der Waals surface area contributed by atoms with Crippen molar-refractivity contribution in [1.29, 1.82) is 0 Å². The Kier molecular flexibility index (Phi) is 3.03. The minimum absolute atomic E-state index is 0.0483. The Morgan fingerprint density at radius 3 is 3.14 bits per heavy atom. The lowest BCUT2D eigenvalue weighted by atomic mass is 10.2. The molecule has 0 atom stereocenters. The number of aromatic amines is 1. The Bertz CT molecular complexity index is 909. The molecule has 1 aliphatic rings. The Labute approximate surface area is 127 Å². The van der Waals surface area contributed by atoms with Crippen LogP contribution in [0.3, 0.4) is 0 Å². The lowest BCUT2D eigenvalue weighted by Crippen LogP contribution is -2.22. The van der Waals surface area contributed by atoms with Crippen molar-refractivity contribution in [2.75, 3.05) is 0 Å². The second-order valence-corrected chi connectivity index (χ2v) is 5.74. The third-order valence-electron chi connectivity index (χ3n) is 4.30. The van der Waals surface area contributed by atoms with Gasteiger partial charge in [0.25, 0.3) is 5.56 Å². The molecule has 1 N–H and O–H groups in total. The van der Waals surface area contributed by atoms with Gasteiger partial charge in [-0.25, -0.2) is 15.0 Å². The second kappa shape index (κ2) is 5.05. The van der Waals surface area contributed by atoms with E-state index >= 15 is 0 Å². The quantitative estimate of drug-likeness (QED) is 0.795. The number of hydrogen-bond donors (Lipinski definition) is 1. The van der Waals surface area contributed by atoms with Crippen molar-refractivity contribution in [3.05, 3.63) is 51.7 Å². The van der Waals surface area contributed by atoms with Gasteiger partial charge in [-0.2, -0.15) is 0 Å². The number of rotatable bonds is 3. The minimum Gasteiger partial charge on any atom is -0.355 e. The van der Waals surface area contributed by atoms with Gasteiger partial charge < -0.3 is 4.98 Å². The number of hydrogen-bond acceptors (Lipinski definition) is 4. The molecule has 0 saturated carbocycles. The first-order valence-electron chi connectivity index (χ1n) is 7.60. The van der Waals surface area contributed by atoms with Crippen LogP contribution in [0.2, 0.25) is 0 Å². The van der Waals surface area contributed by atoms with Gasteiger partial charge in [0.15, 0.2) is 0 Å². The number of aryl methyl sites for hydroxylation is 4. The second-order valence-electron chi connectivity index (χ2n) is 5.74. The normalized spacial score (nSPS) is 13.7. The van der Waals surface area contributed by atoms with Crippen LogP contribution in [0.5, 0.6) is 0 Å². The fraction of sp³-hybridized carbons (Fsp3) is 0.375. The maximum Gasteiger partial charge on any atom is 0.277 e. The monoisotopic (exact) mass is 295 g/mol. The minimum atomic E-state index is -0.0483. The molecule has 4 rings (SSSR count). The number of H-pyrrole nitrogens is 1. The van der Waals surface area contributed by atoms with Crippen molar-refractivity contribution in [3.8, 4) is 0 Å². The molecule has 3 aromatic rings. The van der Waals surface area contributed by atoms with Crippen LogP contribution in [-0.2, 0) is 25.8 Å². The zero-order valence-electron chi connectivity index (χ0n) is 12.5. The zero-order valence-corrected chi connectivity index (χ0v) is 12.5. The van der Waals surface area contributed by atoms with Crippen LogP contribution >= 0.6 is 0 Å². The molecule has 112 valence electrons. The van der Waals surface area contributed by atoms with Crippen LogP contribution in [0.4, 0.5) is 0 Å². The molecule has 0 saturated heterocycles. The zero-order chi connectivity index (χ0) is 15.1. The smallest absolute Gasteiger partial charge is 0.277 e. The topological polar surface area (TPSA) is 76.5 Å². The molecule has 0 spiro atoms. The molecular formula is C16H17N5O. The van der Waals surface area contributed by atoms with Crippen molar-refractivity contribution in [2.45, 2.75) is 39.2 Å². The van der Waals surface area contributed by atoms with Crippen molar-refractivity contribution in [2.24, 2.45) is 0 Å². The number of nitrogens with zero attached hydrogens (tertiary/aromatic N) is 4. The van der Waals surface area contributed by atoms with Crippen molar-refractivity contribution < 1.29 is 0 Å². The summed E-state index contributed by atoms with van der Waals surface area (Å²) in [5.74, 6) is 0.816. The molecule has 0 amide bonds. The van der Waals surface area contributed by atoms with E-state index in [4.69, 9.17) is 0 Å². The van der Waals surface area contributed by atoms with Crippen molar-refractivity contribution >= 4 is 11.0 Å². The van der Waals surface area contributed by atoms with Gasteiger partial charge in [0, 0.05) is 30.6 Å². The average Bonchev–Trinajstić information content (AvgIpc) is 3.15. The molecule has 0 unspecified atom stereocenters. The molecule has 0 bridgehead atoms. The molecule has 3 heterocycles. The van der Waals surface area contributed by atoms with Gasteiger partial charge in [-0.1, -0.05) is 0 Å². The first-order chi connectivity index (χ1) is 10.7. The summed E-state index contributed by atoms with van der Waals surface area (Å²) in [6.07, 6.45) is 7.27. The van der Waals surface area contributed by atoms with Gasteiger partial charge in [0.2, 0.25) is 0 Å².